The zero-order chi connectivity index (χ0) is 9.07. The van der Waals surface area contributed by atoms with Crippen LogP contribution in [0.4, 0.5) is 4.20 Å². The first-order valence-corrected chi connectivity index (χ1v) is 5.56. The highest BCUT2D eigenvalue weighted by Crippen LogP contribution is 2.49. The van der Waals surface area contributed by atoms with E-state index in [1.807, 2.05) is 13.8 Å². The first-order valence-electron chi connectivity index (χ1n) is 3.86. The van der Waals surface area contributed by atoms with Crippen molar-refractivity contribution in [3.63, 3.8) is 0 Å². The molecule has 0 amide bonds. The molecule has 0 fully saturated rings. The van der Waals surface area contributed by atoms with E-state index >= 15 is 0 Å². The predicted octanol–water partition coefficient (Wildman–Crippen LogP) is 3.23. The highest BCUT2D eigenvalue weighted by atomic mass is 31.2. The Morgan fingerprint density at radius 1 is 1.45 bits per heavy atom. The summed E-state index contributed by atoms with van der Waals surface area (Å²) in [5.74, 6) is 0.200. The summed E-state index contributed by atoms with van der Waals surface area (Å²) in [5, 5.41) is 0. The molecule has 0 N–H and O–H groups in total. The maximum atomic E-state index is 12.8. The summed E-state index contributed by atoms with van der Waals surface area (Å²) in [7, 11) is -3.78. The third kappa shape index (κ3) is 4.54. The van der Waals surface area contributed by atoms with Crippen LogP contribution in [0.15, 0.2) is 0 Å². The molecule has 68 valence electrons. The van der Waals surface area contributed by atoms with E-state index in [4.69, 9.17) is 4.52 Å². The normalized spacial score (nSPS) is 19.8. The largest absolute Gasteiger partial charge is 0.367 e. The first kappa shape index (κ1) is 11.1. The van der Waals surface area contributed by atoms with Crippen molar-refractivity contribution >= 4 is 7.68 Å². The molecule has 0 aromatic heterocycles. The Labute approximate surface area is 67.7 Å². The third-order valence-corrected chi connectivity index (χ3v) is 3.04. The van der Waals surface area contributed by atoms with Gasteiger partial charge in [0, 0.05) is 0 Å². The van der Waals surface area contributed by atoms with E-state index in [1.165, 1.54) is 6.92 Å². The van der Waals surface area contributed by atoms with Crippen LogP contribution in [0.3, 0.4) is 0 Å². The molecule has 0 spiro atoms. The highest BCUT2D eigenvalue weighted by molar-refractivity contribution is 7.53. The fraction of sp³-hybridized carbons (Fsp3) is 1.00. The standard InChI is InChI=1S/C7H16FO2P/c1-5-11(8,9)10-7(4)6(2)3/h6-7H,5H2,1-4H3. The van der Waals surface area contributed by atoms with E-state index in [-0.39, 0.29) is 18.2 Å². The topological polar surface area (TPSA) is 26.3 Å². The summed E-state index contributed by atoms with van der Waals surface area (Å²) in [6.45, 7) is 7.06. The molecule has 2 atom stereocenters. The van der Waals surface area contributed by atoms with Gasteiger partial charge in [-0.15, -0.1) is 0 Å². The molecule has 4 heteroatoms. The number of hydrogen-bond acceptors (Lipinski definition) is 2. The van der Waals surface area contributed by atoms with Crippen molar-refractivity contribution in [3.05, 3.63) is 0 Å². The smallest absolute Gasteiger partial charge is 0.302 e. The quantitative estimate of drug-likeness (QED) is 0.624. The molecule has 0 saturated carbocycles. The molecule has 0 aromatic carbocycles. The van der Waals surface area contributed by atoms with Gasteiger partial charge in [0.2, 0.25) is 0 Å². The van der Waals surface area contributed by atoms with Crippen molar-refractivity contribution in [2.75, 3.05) is 6.16 Å². The lowest BCUT2D eigenvalue weighted by atomic mass is 10.1. The van der Waals surface area contributed by atoms with Gasteiger partial charge in [-0.2, -0.15) is 4.20 Å². The summed E-state index contributed by atoms with van der Waals surface area (Å²) < 4.78 is 28.3. The van der Waals surface area contributed by atoms with Gasteiger partial charge in [-0.3, -0.25) is 4.57 Å². The minimum absolute atomic E-state index is 0.0376. The average molecular weight is 182 g/mol. The van der Waals surface area contributed by atoms with Gasteiger partial charge in [0.15, 0.2) is 0 Å². The van der Waals surface area contributed by atoms with Crippen LogP contribution in [-0.2, 0) is 9.09 Å². The monoisotopic (exact) mass is 182 g/mol. The Balaban J connectivity index is 3.94. The van der Waals surface area contributed by atoms with Crippen molar-refractivity contribution in [3.8, 4) is 0 Å². The number of hydrogen-bond donors (Lipinski definition) is 0. The number of halogens is 1. The van der Waals surface area contributed by atoms with Crippen molar-refractivity contribution in [2.45, 2.75) is 33.8 Å². The molecule has 0 aliphatic carbocycles. The van der Waals surface area contributed by atoms with Crippen LogP contribution in [0.25, 0.3) is 0 Å². The summed E-state index contributed by atoms with van der Waals surface area (Å²) in [6, 6.07) is 0. The second-order valence-corrected chi connectivity index (χ2v) is 4.98. The van der Waals surface area contributed by atoms with E-state index in [9.17, 15) is 8.76 Å². The maximum Gasteiger partial charge on any atom is 0.367 e. The lowest BCUT2D eigenvalue weighted by Gasteiger charge is -2.17. The summed E-state index contributed by atoms with van der Waals surface area (Å²) >= 11 is 0. The fourth-order valence-corrected chi connectivity index (χ4v) is 1.33. The van der Waals surface area contributed by atoms with E-state index in [0.29, 0.717) is 0 Å². The molecule has 0 bridgehead atoms. The molecule has 0 rings (SSSR count). The van der Waals surface area contributed by atoms with Gasteiger partial charge in [0.25, 0.3) is 0 Å². The van der Waals surface area contributed by atoms with Gasteiger partial charge in [-0.05, 0) is 12.8 Å². The Hall–Kier alpha value is 0.120. The summed E-state index contributed by atoms with van der Waals surface area (Å²) in [6.07, 6.45) is -0.310. The van der Waals surface area contributed by atoms with Gasteiger partial charge < -0.3 is 4.52 Å². The van der Waals surface area contributed by atoms with Crippen LogP contribution in [0.2, 0.25) is 0 Å². The SMILES string of the molecule is CCP(=O)(F)OC(C)C(C)C. The molecular weight excluding hydrogens is 166 g/mol. The van der Waals surface area contributed by atoms with Crippen LogP contribution in [0.5, 0.6) is 0 Å². The Morgan fingerprint density at radius 3 is 2.18 bits per heavy atom. The minimum atomic E-state index is -3.78. The highest BCUT2D eigenvalue weighted by Gasteiger charge is 2.23. The first-order chi connectivity index (χ1) is 4.89. The molecule has 0 aromatic rings. The molecule has 0 heterocycles. The predicted molar refractivity (Wildman–Crippen MR) is 44.6 cm³/mol. The van der Waals surface area contributed by atoms with Crippen LogP contribution in [-0.4, -0.2) is 12.3 Å². The lowest BCUT2D eigenvalue weighted by molar-refractivity contribution is 0.160. The Morgan fingerprint density at radius 2 is 1.91 bits per heavy atom. The lowest BCUT2D eigenvalue weighted by Crippen LogP contribution is -2.13. The van der Waals surface area contributed by atoms with E-state index in [0.717, 1.165) is 0 Å². The minimum Gasteiger partial charge on any atom is -0.302 e. The molecular formula is C7H16FO2P. The van der Waals surface area contributed by atoms with Crippen LogP contribution < -0.4 is 0 Å². The van der Waals surface area contributed by atoms with Gasteiger partial charge in [0.05, 0.1) is 12.3 Å². The van der Waals surface area contributed by atoms with E-state index in [2.05, 4.69) is 0 Å². The van der Waals surface area contributed by atoms with Crippen molar-refractivity contribution < 1.29 is 13.3 Å². The van der Waals surface area contributed by atoms with Crippen LogP contribution in [0, 0.1) is 5.92 Å². The van der Waals surface area contributed by atoms with Gasteiger partial charge >= 0.3 is 7.68 Å². The second-order valence-electron chi connectivity index (χ2n) is 2.96. The van der Waals surface area contributed by atoms with Gasteiger partial charge in [0.1, 0.15) is 0 Å². The fourth-order valence-electron chi connectivity index (χ4n) is 0.445. The van der Waals surface area contributed by atoms with Crippen LogP contribution in [0.1, 0.15) is 27.7 Å². The number of rotatable bonds is 4. The second kappa shape index (κ2) is 4.22. The molecule has 0 aliphatic heterocycles. The van der Waals surface area contributed by atoms with Crippen LogP contribution >= 0.6 is 7.68 Å². The zero-order valence-corrected chi connectivity index (χ0v) is 8.40. The van der Waals surface area contributed by atoms with Gasteiger partial charge in [-0.25, -0.2) is 0 Å². The molecule has 0 saturated heterocycles. The maximum absolute atomic E-state index is 12.8. The zero-order valence-electron chi connectivity index (χ0n) is 7.50. The Kier molecular flexibility index (Phi) is 4.27. The van der Waals surface area contributed by atoms with Crippen molar-refractivity contribution in [1.82, 2.24) is 0 Å². The molecule has 0 aliphatic rings. The van der Waals surface area contributed by atoms with Crippen molar-refractivity contribution in [2.24, 2.45) is 5.92 Å². The van der Waals surface area contributed by atoms with E-state index < -0.39 is 7.68 Å². The molecule has 0 radical (unpaired) electrons. The van der Waals surface area contributed by atoms with E-state index in [1.54, 1.807) is 6.92 Å². The van der Waals surface area contributed by atoms with Crippen molar-refractivity contribution in [1.29, 1.82) is 0 Å². The molecule has 2 nitrogen and oxygen atoms in total. The summed E-state index contributed by atoms with van der Waals surface area (Å²) in [4.78, 5) is 0. The summed E-state index contributed by atoms with van der Waals surface area (Å²) in [5.41, 5.74) is 0. The average Bonchev–Trinajstić information content (AvgIpc) is 1.87. The molecule has 2 unspecified atom stereocenters. The Bertz CT molecular complexity index is 159. The molecule has 11 heavy (non-hydrogen) atoms. The van der Waals surface area contributed by atoms with Gasteiger partial charge in [-0.1, -0.05) is 20.8 Å². The third-order valence-electron chi connectivity index (χ3n) is 1.64.